The Kier molecular flexibility index (Phi) is 6.75. The molecule has 0 radical (unpaired) electrons. The van der Waals surface area contributed by atoms with Crippen LogP contribution in [0.2, 0.25) is 0 Å². The number of nitrogens with zero attached hydrogens (tertiary/aromatic N) is 1. The normalized spacial score (nSPS) is 11.6. The maximum absolute atomic E-state index is 2.36. The molecular formula is C48H31NS. The third kappa shape index (κ3) is 4.69. The number of fused-ring (bicyclic) bond motifs is 8. The number of benzene rings is 9. The molecule has 0 N–H and O–H groups in total. The maximum Gasteiger partial charge on any atom is 0.0467 e. The largest absolute Gasteiger partial charge is 0.310 e. The fourth-order valence-corrected chi connectivity index (χ4v) is 8.95. The third-order valence-corrected chi connectivity index (χ3v) is 11.3. The second kappa shape index (κ2) is 11.7. The Morgan fingerprint density at radius 3 is 1.80 bits per heavy atom. The number of hydrogen-bond donors (Lipinski definition) is 0. The van der Waals surface area contributed by atoms with Crippen molar-refractivity contribution in [2.75, 3.05) is 4.90 Å². The molecule has 0 fully saturated rings. The van der Waals surface area contributed by atoms with E-state index in [0.29, 0.717) is 0 Å². The molecule has 9 aromatic carbocycles. The molecule has 0 saturated heterocycles. The van der Waals surface area contributed by atoms with Gasteiger partial charge in [0.1, 0.15) is 0 Å². The van der Waals surface area contributed by atoms with E-state index in [4.69, 9.17) is 0 Å². The van der Waals surface area contributed by atoms with Crippen LogP contribution >= 0.6 is 11.3 Å². The van der Waals surface area contributed by atoms with E-state index in [1.165, 1.54) is 74.7 Å². The highest BCUT2D eigenvalue weighted by Crippen LogP contribution is 2.43. The molecule has 0 aliphatic carbocycles. The molecule has 0 saturated carbocycles. The SMILES string of the molecule is c1ccc(N(c2ccc(-c3cccc4c3ccc3c5ccccc5ccc43)cc2)c2cccc(-c3cccc4c3sc3ccccc34)c2)cc1. The van der Waals surface area contributed by atoms with E-state index in [1.807, 2.05) is 11.3 Å². The maximum atomic E-state index is 2.36. The van der Waals surface area contributed by atoms with Crippen molar-refractivity contribution in [3.8, 4) is 22.3 Å². The van der Waals surface area contributed by atoms with Crippen LogP contribution in [0.1, 0.15) is 0 Å². The lowest BCUT2D eigenvalue weighted by Gasteiger charge is -2.26. The fourth-order valence-electron chi connectivity index (χ4n) is 7.71. The molecule has 0 atom stereocenters. The van der Waals surface area contributed by atoms with Gasteiger partial charge >= 0.3 is 0 Å². The lowest BCUT2D eigenvalue weighted by Crippen LogP contribution is -2.09. The van der Waals surface area contributed by atoms with Crippen molar-refractivity contribution in [1.29, 1.82) is 0 Å². The molecule has 0 unspecified atom stereocenters. The van der Waals surface area contributed by atoms with E-state index in [0.717, 1.165) is 17.1 Å². The topological polar surface area (TPSA) is 3.24 Å². The van der Waals surface area contributed by atoms with Gasteiger partial charge in [-0.3, -0.25) is 0 Å². The van der Waals surface area contributed by atoms with Crippen LogP contribution in [0.15, 0.2) is 188 Å². The molecule has 1 aromatic heterocycles. The molecule has 1 heterocycles. The summed E-state index contributed by atoms with van der Waals surface area (Å²) in [4.78, 5) is 2.36. The highest BCUT2D eigenvalue weighted by Gasteiger charge is 2.16. The summed E-state index contributed by atoms with van der Waals surface area (Å²) in [5, 5.41) is 10.4. The van der Waals surface area contributed by atoms with Gasteiger partial charge in [0.15, 0.2) is 0 Å². The summed E-state index contributed by atoms with van der Waals surface area (Å²) in [5.41, 5.74) is 8.31. The van der Waals surface area contributed by atoms with E-state index in [9.17, 15) is 0 Å². The van der Waals surface area contributed by atoms with Crippen molar-refractivity contribution >= 4 is 80.9 Å². The molecule has 0 bridgehead atoms. The van der Waals surface area contributed by atoms with E-state index in [-0.39, 0.29) is 0 Å². The number of anilines is 3. The van der Waals surface area contributed by atoms with Crippen molar-refractivity contribution in [1.82, 2.24) is 0 Å². The van der Waals surface area contributed by atoms with E-state index in [2.05, 4.69) is 193 Å². The minimum absolute atomic E-state index is 1.12. The second-order valence-corrected chi connectivity index (χ2v) is 13.9. The summed E-state index contributed by atoms with van der Waals surface area (Å²) >= 11 is 1.88. The van der Waals surface area contributed by atoms with Crippen molar-refractivity contribution in [3.63, 3.8) is 0 Å². The number of rotatable bonds is 5. The van der Waals surface area contributed by atoms with Crippen LogP contribution in [0, 0.1) is 0 Å². The molecule has 234 valence electrons. The summed E-state index contributed by atoms with van der Waals surface area (Å²) in [6.07, 6.45) is 0. The van der Waals surface area contributed by atoms with Crippen LogP contribution in [-0.4, -0.2) is 0 Å². The molecule has 50 heavy (non-hydrogen) atoms. The van der Waals surface area contributed by atoms with Crippen molar-refractivity contribution in [2.45, 2.75) is 0 Å². The van der Waals surface area contributed by atoms with Crippen LogP contribution < -0.4 is 4.90 Å². The fraction of sp³-hybridized carbons (Fsp3) is 0. The molecule has 0 aliphatic rings. The number of hydrogen-bond acceptors (Lipinski definition) is 2. The zero-order chi connectivity index (χ0) is 33.0. The molecular weight excluding hydrogens is 623 g/mol. The molecule has 0 spiro atoms. The van der Waals surface area contributed by atoms with Gasteiger partial charge in [0, 0.05) is 37.2 Å². The Morgan fingerprint density at radius 1 is 0.320 bits per heavy atom. The van der Waals surface area contributed by atoms with Gasteiger partial charge in [-0.2, -0.15) is 0 Å². The summed E-state index contributed by atoms with van der Waals surface area (Å²) in [6, 6.07) is 68.6. The van der Waals surface area contributed by atoms with Gasteiger partial charge < -0.3 is 4.90 Å². The van der Waals surface area contributed by atoms with Gasteiger partial charge in [0.25, 0.3) is 0 Å². The van der Waals surface area contributed by atoms with Crippen LogP contribution in [0.5, 0.6) is 0 Å². The van der Waals surface area contributed by atoms with Crippen LogP contribution in [0.25, 0.3) is 74.7 Å². The Hall–Kier alpha value is -6.22. The Labute approximate surface area is 294 Å². The first-order chi connectivity index (χ1) is 24.8. The monoisotopic (exact) mass is 653 g/mol. The minimum atomic E-state index is 1.12. The molecule has 1 nitrogen and oxygen atoms in total. The van der Waals surface area contributed by atoms with Crippen LogP contribution in [0.3, 0.4) is 0 Å². The zero-order valence-electron chi connectivity index (χ0n) is 27.3. The second-order valence-electron chi connectivity index (χ2n) is 12.9. The van der Waals surface area contributed by atoms with Crippen LogP contribution in [-0.2, 0) is 0 Å². The first-order valence-corrected chi connectivity index (χ1v) is 17.9. The van der Waals surface area contributed by atoms with E-state index < -0.39 is 0 Å². The summed E-state index contributed by atoms with van der Waals surface area (Å²) in [6.45, 7) is 0. The standard InChI is InChI=1S/C48H31NS/c1-2-13-35(14-3-1)49(37-15-8-12-34(31-37)40-19-10-21-46-45-17-6-7-22-47(45)50-48(40)46)36-26-23-33(24-27-36)39-18-9-20-41-42(39)29-30-43-38-16-5-4-11-32(38)25-28-44(41)43/h1-31H. The lowest BCUT2D eigenvalue weighted by atomic mass is 9.92. The zero-order valence-corrected chi connectivity index (χ0v) is 28.1. The highest BCUT2D eigenvalue weighted by atomic mass is 32.1. The number of thiophene rings is 1. The first kappa shape index (κ1) is 28.8. The quantitative estimate of drug-likeness (QED) is 0.167. The van der Waals surface area contributed by atoms with Gasteiger partial charge in [0.2, 0.25) is 0 Å². The van der Waals surface area contributed by atoms with Gasteiger partial charge in [-0.25, -0.2) is 0 Å². The Morgan fingerprint density at radius 2 is 0.920 bits per heavy atom. The molecule has 10 aromatic rings. The molecule has 0 aliphatic heterocycles. The molecule has 0 amide bonds. The molecule has 10 rings (SSSR count). The summed E-state index contributed by atoms with van der Waals surface area (Å²) in [7, 11) is 0. The average Bonchev–Trinajstić information content (AvgIpc) is 3.57. The minimum Gasteiger partial charge on any atom is -0.310 e. The van der Waals surface area contributed by atoms with E-state index in [1.54, 1.807) is 0 Å². The van der Waals surface area contributed by atoms with Crippen LogP contribution in [0.4, 0.5) is 17.1 Å². The highest BCUT2D eigenvalue weighted by molar-refractivity contribution is 7.26. The predicted molar refractivity (Wildman–Crippen MR) is 217 cm³/mol. The predicted octanol–water partition coefficient (Wildman–Crippen LogP) is 14.3. The summed E-state index contributed by atoms with van der Waals surface area (Å²) < 4.78 is 2.66. The van der Waals surface area contributed by atoms with E-state index >= 15 is 0 Å². The van der Waals surface area contributed by atoms with Gasteiger partial charge in [-0.1, -0.05) is 146 Å². The Bertz CT molecular complexity index is 2870. The van der Waals surface area contributed by atoms with Crippen molar-refractivity contribution in [2.24, 2.45) is 0 Å². The van der Waals surface area contributed by atoms with Gasteiger partial charge in [0.05, 0.1) is 0 Å². The number of para-hydroxylation sites is 1. The smallest absolute Gasteiger partial charge is 0.0467 e. The third-order valence-electron chi connectivity index (χ3n) is 10.1. The first-order valence-electron chi connectivity index (χ1n) is 17.1. The van der Waals surface area contributed by atoms with Gasteiger partial charge in [-0.15, -0.1) is 11.3 Å². The summed E-state index contributed by atoms with van der Waals surface area (Å²) in [5.74, 6) is 0. The Balaban J connectivity index is 1.07. The average molecular weight is 654 g/mol. The van der Waals surface area contributed by atoms with Gasteiger partial charge in [-0.05, 0) is 97.0 Å². The van der Waals surface area contributed by atoms with Crippen molar-refractivity contribution < 1.29 is 0 Å². The lowest BCUT2D eigenvalue weighted by molar-refractivity contribution is 1.28. The molecule has 2 heteroatoms. The van der Waals surface area contributed by atoms with Crippen molar-refractivity contribution in [3.05, 3.63) is 188 Å².